The molecule has 2 aromatic rings. The van der Waals surface area contributed by atoms with E-state index in [-0.39, 0.29) is 22.1 Å². The molecule has 0 amide bonds. The van der Waals surface area contributed by atoms with E-state index in [1.807, 2.05) is 6.92 Å². The molecular weight excluding hydrogens is 498 g/mol. The number of nitrogens with zero attached hydrogens (tertiary/aromatic N) is 2. The van der Waals surface area contributed by atoms with Crippen LogP contribution in [0.1, 0.15) is 49.9 Å². The average molecular weight is 534 g/mol. The van der Waals surface area contributed by atoms with Crippen molar-refractivity contribution >= 4 is 31.5 Å². The van der Waals surface area contributed by atoms with Gasteiger partial charge in [0, 0.05) is 37.4 Å². The topological polar surface area (TPSA) is 104 Å². The highest BCUT2D eigenvalue weighted by molar-refractivity contribution is 7.89. The van der Waals surface area contributed by atoms with Gasteiger partial charge >= 0.3 is 0 Å². The molecule has 4 rings (SSSR count). The van der Waals surface area contributed by atoms with E-state index in [1.165, 1.54) is 20.7 Å². The number of carbonyl (C=O) groups is 1. The number of benzene rings is 2. The number of hydrogen-bond donors (Lipinski definition) is 1. The maximum Gasteiger partial charge on any atom is 0.243 e. The zero-order chi connectivity index (χ0) is 25.9. The lowest BCUT2D eigenvalue weighted by Crippen LogP contribution is -2.39. The standard InChI is InChI=1S/C26H35N3O5S2/c1-20-12-15-28(16-13-20)35(31,32)24-10-8-23(9-11-24)27-18-26(30)22-6-3-7-25(17-22)36(33,34)29-14-4-5-21(2)19-29/h3,6-11,17,20-21,27H,4-5,12-16,18-19H2,1-2H3. The van der Waals surface area contributed by atoms with Gasteiger partial charge in [-0.2, -0.15) is 8.61 Å². The molecule has 8 nitrogen and oxygen atoms in total. The van der Waals surface area contributed by atoms with Gasteiger partial charge in [-0.25, -0.2) is 16.8 Å². The Morgan fingerprint density at radius 2 is 1.50 bits per heavy atom. The molecule has 1 N–H and O–H groups in total. The second-order valence-electron chi connectivity index (χ2n) is 10.0. The van der Waals surface area contributed by atoms with Crippen molar-refractivity contribution in [3.05, 3.63) is 54.1 Å². The van der Waals surface area contributed by atoms with Crippen LogP contribution in [0.15, 0.2) is 58.3 Å². The molecule has 196 valence electrons. The third-order valence-corrected chi connectivity index (χ3v) is 10.9. The first-order chi connectivity index (χ1) is 17.1. The number of hydrogen-bond acceptors (Lipinski definition) is 6. The summed E-state index contributed by atoms with van der Waals surface area (Å²) in [6.07, 6.45) is 3.57. The summed E-state index contributed by atoms with van der Waals surface area (Å²) in [6.45, 7) is 6.19. The van der Waals surface area contributed by atoms with Crippen molar-refractivity contribution in [2.24, 2.45) is 11.8 Å². The van der Waals surface area contributed by atoms with Gasteiger partial charge < -0.3 is 5.32 Å². The van der Waals surface area contributed by atoms with Crippen LogP contribution in [0.5, 0.6) is 0 Å². The molecule has 1 unspecified atom stereocenters. The number of Topliss-reactive ketones (excluding diaryl/α,β-unsaturated/α-hetero) is 1. The van der Waals surface area contributed by atoms with E-state index in [0.717, 1.165) is 25.7 Å². The lowest BCUT2D eigenvalue weighted by atomic mass is 10.0. The molecule has 0 aliphatic carbocycles. The summed E-state index contributed by atoms with van der Waals surface area (Å²) in [6, 6.07) is 12.6. The van der Waals surface area contributed by atoms with Crippen LogP contribution < -0.4 is 5.32 Å². The molecule has 36 heavy (non-hydrogen) atoms. The highest BCUT2D eigenvalue weighted by Crippen LogP contribution is 2.26. The molecule has 0 saturated carbocycles. The Balaban J connectivity index is 1.39. The molecular formula is C26H35N3O5S2. The molecule has 2 saturated heterocycles. The Bertz CT molecular complexity index is 1290. The number of anilines is 1. The number of carbonyl (C=O) groups excluding carboxylic acids is 1. The predicted octanol–water partition coefficient (Wildman–Crippen LogP) is 3.82. The van der Waals surface area contributed by atoms with Crippen molar-refractivity contribution < 1.29 is 21.6 Å². The minimum absolute atomic E-state index is 0.0413. The second kappa shape index (κ2) is 11.0. The zero-order valence-corrected chi connectivity index (χ0v) is 22.5. The summed E-state index contributed by atoms with van der Waals surface area (Å²) in [5, 5.41) is 3.02. The Hall–Kier alpha value is -2.27. The first-order valence-corrected chi connectivity index (χ1v) is 15.4. The lowest BCUT2D eigenvalue weighted by molar-refractivity contribution is 0.101. The summed E-state index contributed by atoms with van der Waals surface area (Å²) >= 11 is 0. The Labute approximate surface area is 214 Å². The van der Waals surface area contributed by atoms with E-state index >= 15 is 0 Å². The Morgan fingerprint density at radius 3 is 2.17 bits per heavy atom. The SMILES string of the molecule is CC1CCN(S(=O)(=O)c2ccc(NCC(=O)c3cccc(S(=O)(=O)N4CCCC(C)C4)c3)cc2)CC1. The van der Waals surface area contributed by atoms with E-state index in [4.69, 9.17) is 0 Å². The molecule has 10 heteroatoms. The van der Waals surface area contributed by atoms with E-state index in [0.29, 0.717) is 49.3 Å². The molecule has 0 bridgehead atoms. The number of piperidine rings is 2. The summed E-state index contributed by atoms with van der Waals surface area (Å²) in [5.41, 5.74) is 0.924. The van der Waals surface area contributed by atoms with Crippen molar-refractivity contribution in [3.63, 3.8) is 0 Å². The molecule has 0 aromatic heterocycles. The zero-order valence-electron chi connectivity index (χ0n) is 20.9. The van der Waals surface area contributed by atoms with E-state index < -0.39 is 20.0 Å². The van der Waals surface area contributed by atoms with Gasteiger partial charge in [0.2, 0.25) is 20.0 Å². The fourth-order valence-electron chi connectivity index (χ4n) is 4.75. The fraction of sp³-hybridized carbons (Fsp3) is 0.500. The highest BCUT2D eigenvalue weighted by Gasteiger charge is 2.29. The van der Waals surface area contributed by atoms with E-state index in [9.17, 15) is 21.6 Å². The van der Waals surface area contributed by atoms with Gasteiger partial charge in [0.05, 0.1) is 16.3 Å². The van der Waals surface area contributed by atoms with Crippen LogP contribution in [-0.4, -0.2) is 64.0 Å². The fourth-order valence-corrected chi connectivity index (χ4v) is 7.86. The summed E-state index contributed by atoms with van der Waals surface area (Å²) < 4.78 is 55.0. The second-order valence-corrected chi connectivity index (χ2v) is 13.9. The normalized spacial score (nSPS) is 20.8. The first-order valence-electron chi connectivity index (χ1n) is 12.5. The molecule has 1 atom stereocenters. The maximum absolute atomic E-state index is 13.1. The first kappa shape index (κ1) is 26.8. The summed E-state index contributed by atoms with van der Waals surface area (Å²) in [4.78, 5) is 13.2. The highest BCUT2D eigenvalue weighted by atomic mass is 32.2. The minimum Gasteiger partial charge on any atom is -0.378 e. The van der Waals surface area contributed by atoms with Gasteiger partial charge in [-0.05, 0) is 73.9 Å². The molecule has 2 aliphatic heterocycles. The molecule has 2 heterocycles. The molecule has 0 radical (unpaired) electrons. The number of sulfonamides is 2. The molecule has 2 fully saturated rings. The molecule has 2 aromatic carbocycles. The van der Waals surface area contributed by atoms with Gasteiger partial charge in [-0.15, -0.1) is 0 Å². The van der Waals surface area contributed by atoms with Crippen molar-refractivity contribution in [2.45, 2.75) is 49.3 Å². The Kier molecular flexibility index (Phi) is 8.18. The van der Waals surface area contributed by atoms with Crippen molar-refractivity contribution in [3.8, 4) is 0 Å². The largest absolute Gasteiger partial charge is 0.378 e. The van der Waals surface area contributed by atoms with Gasteiger partial charge in [0.25, 0.3) is 0 Å². The smallest absolute Gasteiger partial charge is 0.243 e. The van der Waals surface area contributed by atoms with Crippen molar-refractivity contribution in [1.29, 1.82) is 0 Å². The van der Waals surface area contributed by atoms with Gasteiger partial charge in [0.1, 0.15) is 0 Å². The molecule has 0 spiro atoms. The van der Waals surface area contributed by atoms with Crippen LogP contribution in [0.2, 0.25) is 0 Å². The van der Waals surface area contributed by atoms with Crippen LogP contribution >= 0.6 is 0 Å². The van der Waals surface area contributed by atoms with Crippen LogP contribution in [0.3, 0.4) is 0 Å². The van der Waals surface area contributed by atoms with Crippen LogP contribution in [-0.2, 0) is 20.0 Å². The number of nitrogens with one attached hydrogen (secondary N) is 1. The third-order valence-electron chi connectivity index (χ3n) is 7.10. The van der Waals surface area contributed by atoms with E-state index in [2.05, 4.69) is 12.2 Å². The van der Waals surface area contributed by atoms with Crippen LogP contribution in [0.25, 0.3) is 0 Å². The van der Waals surface area contributed by atoms with Crippen LogP contribution in [0, 0.1) is 11.8 Å². The summed E-state index contributed by atoms with van der Waals surface area (Å²) in [7, 11) is -7.18. The number of ketones is 1. The van der Waals surface area contributed by atoms with Gasteiger partial charge in [-0.1, -0.05) is 26.0 Å². The lowest BCUT2D eigenvalue weighted by Gasteiger charge is -2.30. The third kappa shape index (κ3) is 5.99. The minimum atomic E-state index is -3.65. The summed E-state index contributed by atoms with van der Waals surface area (Å²) in [5.74, 6) is 0.598. The average Bonchev–Trinajstić information content (AvgIpc) is 2.88. The van der Waals surface area contributed by atoms with Gasteiger partial charge in [-0.3, -0.25) is 4.79 Å². The van der Waals surface area contributed by atoms with Crippen molar-refractivity contribution in [2.75, 3.05) is 38.0 Å². The maximum atomic E-state index is 13.1. The quantitative estimate of drug-likeness (QED) is 0.518. The van der Waals surface area contributed by atoms with Crippen molar-refractivity contribution in [1.82, 2.24) is 8.61 Å². The Morgan fingerprint density at radius 1 is 0.833 bits per heavy atom. The van der Waals surface area contributed by atoms with Crippen LogP contribution in [0.4, 0.5) is 5.69 Å². The van der Waals surface area contributed by atoms with Gasteiger partial charge in [0.15, 0.2) is 5.78 Å². The monoisotopic (exact) mass is 533 g/mol. The number of rotatable bonds is 8. The van der Waals surface area contributed by atoms with E-state index in [1.54, 1.807) is 36.4 Å². The predicted molar refractivity (Wildman–Crippen MR) is 140 cm³/mol. The molecule has 2 aliphatic rings.